The van der Waals surface area contributed by atoms with E-state index in [1.807, 2.05) is 37.4 Å². The SMILES string of the molecule is Cc1cc(NC(=O)c2ccco2)sc1C(=O)NC1CCN(Cc2ccccn2)CC1. The second-order valence-corrected chi connectivity index (χ2v) is 8.45. The van der Waals surface area contributed by atoms with Crippen LogP contribution >= 0.6 is 11.3 Å². The Morgan fingerprint density at radius 2 is 2.03 bits per heavy atom. The molecule has 2 N–H and O–H groups in total. The van der Waals surface area contributed by atoms with Crippen LogP contribution in [0.1, 0.15) is 44.3 Å². The number of nitrogens with one attached hydrogen (secondary N) is 2. The maximum Gasteiger partial charge on any atom is 0.291 e. The third-order valence-electron chi connectivity index (χ3n) is 5.14. The first kappa shape index (κ1) is 20.3. The van der Waals surface area contributed by atoms with Crippen molar-refractivity contribution in [3.63, 3.8) is 0 Å². The van der Waals surface area contributed by atoms with Gasteiger partial charge in [0.1, 0.15) is 0 Å². The van der Waals surface area contributed by atoms with Crippen molar-refractivity contribution in [2.24, 2.45) is 0 Å². The van der Waals surface area contributed by atoms with Crippen LogP contribution < -0.4 is 10.6 Å². The predicted octanol–water partition coefficient (Wildman–Crippen LogP) is 3.69. The van der Waals surface area contributed by atoms with Gasteiger partial charge < -0.3 is 15.1 Å². The molecule has 0 bridgehead atoms. The molecule has 156 valence electrons. The number of carbonyl (C=O) groups excluding carboxylic acids is 2. The molecule has 3 aromatic rings. The van der Waals surface area contributed by atoms with Crippen molar-refractivity contribution in [1.82, 2.24) is 15.2 Å². The number of thiophene rings is 1. The zero-order valence-electron chi connectivity index (χ0n) is 16.8. The Morgan fingerprint density at radius 3 is 2.73 bits per heavy atom. The van der Waals surface area contributed by atoms with Gasteiger partial charge in [0.05, 0.1) is 21.8 Å². The van der Waals surface area contributed by atoms with Crippen molar-refractivity contribution in [1.29, 1.82) is 0 Å². The van der Waals surface area contributed by atoms with Crippen molar-refractivity contribution >= 4 is 28.2 Å². The number of aromatic nitrogens is 1. The Balaban J connectivity index is 1.29. The number of nitrogens with zero attached hydrogens (tertiary/aromatic N) is 2. The summed E-state index contributed by atoms with van der Waals surface area (Å²) >= 11 is 1.28. The van der Waals surface area contributed by atoms with Crippen LogP contribution in [0.4, 0.5) is 5.00 Å². The van der Waals surface area contributed by atoms with Crippen LogP contribution in [0.15, 0.2) is 53.3 Å². The zero-order valence-corrected chi connectivity index (χ0v) is 17.6. The van der Waals surface area contributed by atoms with Crippen molar-refractivity contribution < 1.29 is 14.0 Å². The van der Waals surface area contributed by atoms with E-state index in [0.717, 1.165) is 43.7 Å². The van der Waals surface area contributed by atoms with Gasteiger partial charge in [0, 0.05) is 31.9 Å². The first-order chi connectivity index (χ1) is 14.6. The highest BCUT2D eigenvalue weighted by Gasteiger charge is 2.23. The first-order valence-corrected chi connectivity index (χ1v) is 10.8. The predicted molar refractivity (Wildman–Crippen MR) is 116 cm³/mol. The fraction of sp³-hybridized carbons (Fsp3) is 0.318. The molecule has 1 aliphatic rings. The van der Waals surface area contributed by atoms with E-state index >= 15 is 0 Å². The average Bonchev–Trinajstić information content (AvgIpc) is 3.40. The largest absolute Gasteiger partial charge is 0.459 e. The van der Waals surface area contributed by atoms with Gasteiger partial charge in [-0.1, -0.05) is 6.07 Å². The lowest BCUT2D eigenvalue weighted by Gasteiger charge is -2.32. The number of hydrogen-bond donors (Lipinski definition) is 2. The minimum Gasteiger partial charge on any atom is -0.459 e. The molecule has 7 nitrogen and oxygen atoms in total. The van der Waals surface area contributed by atoms with Crippen molar-refractivity contribution in [2.75, 3.05) is 18.4 Å². The van der Waals surface area contributed by atoms with Crippen LogP contribution in [0, 0.1) is 6.92 Å². The molecule has 4 heterocycles. The monoisotopic (exact) mass is 424 g/mol. The molecule has 2 amide bonds. The Morgan fingerprint density at radius 1 is 1.20 bits per heavy atom. The Bertz CT molecular complexity index is 993. The number of likely N-dealkylation sites (tertiary alicyclic amines) is 1. The van der Waals surface area contributed by atoms with E-state index in [-0.39, 0.29) is 23.6 Å². The molecule has 0 saturated carbocycles. The number of rotatable bonds is 6. The van der Waals surface area contributed by atoms with E-state index in [9.17, 15) is 9.59 Å². The van der Waals surface area contributed by atoms with Gasteiger partial charge in [-0.2, -0.15) is 0 Å². The maximum atomic E-state index is 12.8. The number of carbonyl (C=O) groups is 2. The standard InChI is InChI=1S/C22H24N4O3S/c1-15-13-19(25-21(27)18-6-4-12-29-18)30-20(15)22(28)24-16-7-10-26(11-8-16)14-17-5-2-3-9-23-17/h2-6,9,12-13,16H,7-8,10-11,14H2,1H3,(H,24,28)(H,25,27). The van der Waals surface area contributed by atoms with Gasteiger partial charge in [0.15, 0.2) is 5.76 Å². The van der Waals surface area contributed by atoms with Gasteiger partial charge in [-0.3, -0.25) is 19.5 Å². The minimum atomic E-state index is -0.325. The van der Waals surface area contributed by atoms with Gasteiger partial charge in [-0.25, -0.2) is 0 Å². The summed E-state index contributed by atoms with van der Waals surface area (Å²) in [6, 6.07) is 11.2. The molecule has 4 rings (SSSR count). The third-order valence-corrected chi connectivity index (χ3v) is 6.29. The van der Waals surface area contributed by atoms with Crippen LogP contribution in [0.25, 0.3) is 0 Å². The van der Waals surface area contributed by atoms with Gasteiger partial charge in [0.2, 0.25) is 0 Å². The second kappa shape index (κ2) is 9.23. The average molecular weight is 425 g/mol. The van der Waals surface area contributed by atoms with E-state index in [0.29, 0.717) is 9.88 Å². The highest BCUT2D eigenvalue weighted by Crippen LogP contribution is 2.27. The quantitative estimate of drug-likeness (QED) is 0.630. The lowest BCUT2D eigenvalue weighted by molar-refractivity contribution is 0.0911. The van der Waals surface area contributed by atoms with E-state index in [1.165, 1.54) is 17.6 Å². The molecule has 1 saturated heterocycles. The molecule has 0 aromatic carbocycles. The normalized spacial score (nSPS) is 15.1. The van der Waals surface area contributed by atoms with Crippen LogP contribution in [0.5, 0.6) is 0 Å². The van der Waals surface area contributed by atoms with Gasteiger partial charge >= 0.3 is 0 Å². The molecular weight excluding hydrogens is 400 g/mol. The Kier molecular flexibility index (Phi) is 6.25. The topological polar surface area (TPSA) is 87.5 Å². The van der Waals surface area contributed by atoms with E-state index < -0.39 is 0 Å². The molecule has 0 spiro atoms. The number of hydrogen-bond acceptors (Lipinski definition) is 6. The lowest BCUT2D eigenvalue weighted by Crippen LogP contribution is -2.44. The molecule has 3 aromatic heterocycles. The summed E-state index contributed by atoms with van der Waals surface area (Å²) < 4.78 is 5.10. The summed E-state index contributed by atoms with van der Waals surface area (Å²) in [5.74, 6) is -0.169. The molecular formula is C22H24N4O3S. The number of pyridine rings is 1. The van der Waals surface area contributed by atoms with Gasteiger partial charge in [-0.05, 0) is 55.7 Å². The van der Waals surface area contributed by atoms with Gasteiger partial charge in [-0.15, -0.1) is 11.3 Å². The fourth-order valence-electron chi connectivity index (χ4n) is 3.56. The lowest BCUT2D eigenvalue weighted by atomic mass is 10.0. The summed E-state index contributed by atoms with van der Waals surface area (Å²) in [5, 5.41) is 6.57. The van der Waals surface area contributed by atoms with Crippen LogP contribution in [0.2, 0.25) is 0 Å². The summed E-state index contributed by atoms with van der Waals surface area (Å²) in [7, 11) is 0. The molecule has 30 heavy (non-hydrogen) atoms. The van der Waals surface area contributed by atoms with E-state index in [4.69, 9.17) is 4.42 Å². The molecule has 1 aliphatic heterocycles. The summed E-state index contributed by atoms with van der Waals surface area (Å²) in [6.45, 7) is 4.57. The smallest absolute Gasteiger partial charge is 0.291 e. The summed E-state index contributed by atoms with van der Waals surface area (Å²) in [6.07, 6.45) is 5.09. The third kappa shape index (κ3) is 4.95. The Labute approximate surface area is 179 Å². The molecule has 1 fully saturated rings. The number of aryl methyl sites for hydroxylation is 1. The van der Waals surface area contributed by atoms with Crippen molar-refractivity contribution in [3.8, 4) is 0 Å². The van der Waals surface area contributed by atoms with Crippen LogP contribution in [-0.2, 0) is 6.54 Å². The molecule has 0 unspecified atom stereocenters. The number of furan rings is 1. The Hall–Kier alpha value is -2.97. The molecule has 0 atom stereocenters. The molecule has 8 heteroatoms. The van der Waals surface area contributed by atoms with Crippen molar-refractivity contribution in [2.45, 2.75) is 32.4 Å². The molecule has 0 radical (unpaired) electrons. The number of anilines is 1. The van der Waals surface area contributed by atoms with Crippen LogP contribution in [0.3, 0.4) is 0 Å². The number of piperidine rings is 1. The molecule has 0 aliphatic carbocycles. The zero-order chi connectivity index (χ0) is 20.9. The maximum absolute atomic E-state index is 12.8. The minimum absolute atomic E-state index is 0.0841. The highest BCUT2D eigenvalue weighted by molar-refractivity contribution is 7.18. The van der Waals surface area contributed by atoms with Crippen molar-refractivity contribution in [3.05, 3.63) is 70.8 Å². The fourth-order valence-corrected chi connectivity index (χ4v) is 4.53. The first-order valence-electron chi connectivity index (χ1n) is 9.97. The number of amides is 2. The van der Waals surface area contributed by atoms with Gasteiger partial charge in [0.25, 0.3) is 11.8 Å². The highest BCUT2D eigenvalue weighted by atomic mass is 32.1. The van der Waals surface area contributed by atoms with E-state index in [1.54, 1.807) is 12.1 Å². The summed E-state index contributed by atoms with van der Waals surface area (Å²) in [4.78, 5) is 32.3. The van der Waals surface area contributed by atoms with E-state index in [2.05, 4.69) is 20.5 Å². The summed E-state index contributed by atoms with van der Waals surface area (Å²) in [5.41, 5.74) is 1.91. The van der Waals surface area contributed by atoms with Crippen LogP contribution in [-0.4, -0.2) is 40.8 Å². The second-order valence-electron chi connectivity index (χ2n) is 7.40.